The lowest BCUT2D eigenvalue weighted by Crippen LogP contribution is -2.27. The number of anilines is 1. The lowest BCUT2D eigenvalue weighted by molar-refractivity contribution is 0.302. The number of carbonyl (C=O) groups excluding carboxylic acids is 1. The van der Waals surface area contributed by atoms with Crippen LogP contribution in [0.1, 0.15) is 39.2 Å². The Morgan fingerprint density at radius 1 is 1.30 bits per heavy atom. The number of hydrazone groups is 1. The Balaban J connectivity index is 1.56. The molecule has 6 rings (SSSR count). The van der Waals surface area contributed by atoms with Crippen LogP contribution in [0.15, 0.2) is 48.4 Å². The molecule has 4 N–H and O–H groups in total. The zero-order valence-corrected chi connectivity index (χ0v) is 23.3. The Labute approximate surface area is 256 Å². The molecule has 0 radical (unpaired) electrons. The number of rotatable bonds is 7. The van der Waals surface area contributed by atoms with Gasteiger partial charge in [-0.25, -0.2) is 14.2 Å². The summed E-state index contributed by atoms with van der Waals surface area (Å²) in [5.41, 5.74) is 9.39. The molecule has 2 aromatic heterocycles. The highest BCUT2D eigenvalue weighted by Gasteiger charge is 2.31. The fourth-order valence-corrected chi connectivity index (χ4v) is 4.81. The van der Waals surface area contributed by atoms with Gasteiger partial charge in [-0.05, 0) is 18.9 Å². The summed E-state index contributed by atoms with van der Waals surface area (Å²) in [7, 11) is 1.57. The van der Waals surface area contributed by atoms with Crippen LogP contribution in [0, 0.1) is 29.0 Å². The first-order valence-corrected chi connectivity index (χ1v) is 13.4. The number of benzene rings is 1. The zero-order valence-electron chi connectivity index (χ0n) is 26.3. The number of hydrogen-bond donors (Lipinski definition) is 3. The maximum atomic E-state index is 16.6. The van der Waals surface area contributed by atoms with Gasteiger partial charge in [0.05, 0.1) is 52.6 Å². The van der Waals surface area contributed by atoms with E-state index in [0.29, 0.717) is 11.3 Å². The summed E-state index contributed by atoms with van der Waals surface area (Å²) in [5.74, 6) is 6.73. The Bertz CT molecular complexity index is 2010. The molecule has 1 fully saturated rings. The fourth-order valence-electron chi connectivity index (χ4n) is 4.81. The van der Waals surface area contributed by atoms with Crippen LogP contribution >= 0.6 is 0 Å². The second-order valence-electron chi connectivity index (χ2n) is 9.88. The number of nitriles is 1. The van der Waals surface area contributed by atoms with Crippen LogP contribution in [-0.2, 0) is 16.6 Å². The van der Waals surface area contributed by atoms with E-state index in [9.17, 15) is 10.1 Å². The van der Waals surface area contributed by atoms with Crippen molar-refractivity contribution < 1.29 is 22.8 Å². The minimum absolute atomic E-state index is 0.00411. The van der Waals surface area contributed by atoms with Crippen molar-refractivity contribution in [2.45, 2.75) is 18.9 Å². The van der Waals surface area contributed by atoms with E-state index in [4.69, 9.17) is 19.3 Å². The number of pyridine rings is 1. The van der Waals surface area contributed by atoms with Gasteiger partial charge in [0.1, 0.15) is 41.5 Å². The highest BCUT2D eigenvalue weighted by molar-refractivity contribution is 6.12. The molecular weight excluding hydrogens is 565 g/mol. The van der Waals surface area contributed by atoms with Gasteiger partial charge in [0.2, 0.25) is 0 Å². The Morgan fingerprint density at radius 2 is 2.11 bits per heavy atom. The van der Waals surface area contributed by atoms with E-state index in [0.717, 1.165) is 12.8 Å². The SMILES string of the molecule is [2H]C([2H])([2H])Nc1nc(-c2cnn(C)c2-c2c(F)c(C#CCN3C=COC=C3)cc(OC3CC3)c2C#N)cc2c1C(=C=O)NN=C2CN. The standard InChI is InChI=1S/C31H26FN9O3/c1-35-31-27-20(24(15-34)38-39-25(27)17-42)13-23(37-31)22-16-36-40(2)30(22)28-21(14-33)26(44-19-5-6-19)12-18(29(28)32)4-3-7-41-8-10-43-11-9-41/h8-13,16,19,39H,5-7,15,34H2,1-2H3,(H,35,37)/i1D3. The number of nitrogens with zero attached hydrogens (tertiary/aromatic N) is 6. The summed E-state index contributed by atoms with van der Waals surface area (Å²) >= 11 is 0. The van der Waals surface area contributed by atoms with Gasteiger partial charge in [0.15, 0.2) is 11.6 Å². The molecule has 0 amide bonds. The Kier molecular flexibility index (Phi) is 6.61. The van der Waals surface area contributed by atoms with Gasteiger partial charge in [0, 0.05) is 54.3 Å². The molecule has 0 unspecified atom stereocenters. The maximum absolute atomic E-state index is 16.6. The average molecular weight is 595 g/mol. The molecule has 4 heterocycles. The third-order valence-corrected chi connectivity index (χ3v) is 7.05. The van der Waals surface area contributed by atoms with E-state index < -0.39 is 12.8 Å². The number of ether oxygens (including phenoxy) is 2. The second-order valence-corrected chi connectivity index (χ2v) is 9.88. The first-order valence-electron chi connectivity index (χ1n) is 14.9. The number of fused-ring (bicyclic) bond motifs is 1. The summed E-state index contributed by atoms with van der Waals surface area (Å²) < 4.78 is 52.6. The number of nitrogens with one attached hydrogen (secondary N) is 2. The van der Waals surface area contributed by atoms with Crippen molar-refractivity contribution in [1.82, 2.24) is 25.1 Å². The lowest BCUT2D eigenvalue weighted by atomic mass is 9.94. The summed E-state index contributed by atoms with van der Waals surface area (Å²) in [6, 6.07) is 5.06. The monoisotopic (exact) mass is 594 g/mol. The fraction of sp³-hybridized carbons (Fsp3) is 0.226. The minimum Gasteiger partial charge on any atom is -0.489 e. The number of aromatic nitrogens is 3. The van der Waals surface area contributed by atoms with Gasteiger partial charge in [-0.3, -0.25) is 10.1 Å². The van der Waals surface area contributed by atoms with Crippen molar-refractivity contribution in [1.29, 1.82) is 5.26 Å². The minimum atomic E-state index is -2.71. The first-order chi connectivity index (χ1) is 22.6. The predicted octanol–water partition coefficient (Wildman–Crippen LogP) is 2.81. The summed E-state index contributed by atoms with van der Waals surface area (Å²) in [6.45, 7) is -2.55. The topological polar surface area (TPSA) is 156 Å². The molecule has 44 heavy (non-hydrogen) atoms. The van der Waals surface area contributed by atoms with Gasteiger partial charge in [-0.2, -0.15) is 15.5 Å². The number of hydrogen-bond acceptors (Lipinski definition) is 11. The normalized spacial score (nSPS) is 16.0. The molecule has 0 saturated heterocycles. The summed E-state index contributed by atoms with van der Waals surface area (Å²) in [4.78, 5) is 18.1. The van der Waals surface area contributed by atoms with Crippen LogP contribution in [0.2, 0.25) is 0 Å². The maximum Gasteiger partial charge on any atom is 0.152 e. The van der Waals surface area contributed by atoms with E-state index in [-0.39, 0.29) is 75.7 Å². The molecule has 0 spiro atoms. The molecule has 12 nitrogen and oxygen atoms in total. The molecule has 1 aliphatic carbocycles. The van der Waals surface area contributed by atoms with Crippen LogP contribution in [0.4, 0.5) is 10.2 Å². The number of aryl methyl sites for hydroxylation is 1. The van der Waals surface area contributed by atoms with E-state index in [1.807, 2.05) is 0 Å². The van der Waals surface area contributed by atoms with Crippen LogP contribution in [0.25, 0.3) is 28.2 Å². The molecule has 0 atom stereocenters. The quantitative estimate of drug-likeness (QED) is 0.275. The van der Waals surface area contributed by atoms with E-state index in [1.54, 1.807) is 36.4 Å². The number of nitrogens with two attached hydrogens (primary N) is 1. The van der Waals surface area contributed by atoms with Gasteiger partial charge >= 0.3 is 0 Å². The Morgan fingerprint density at radius 3 is 2.82 bits per heavy atom. The predicted molar refractivity (Wildman–Crippen MR) is 161 cm³/mol. The molecule has 0 bridgehead atoms. The third kappa shape index (κ3) is 5.14. The number of halogens is 1. The zero-order chi connectivity index (χ0) is 33.3. The van der Waals surface area contributed by atoms with Gasteiger partial charge in [-0.1, -0.05) is 11.8 Å². The summed E-state index contributed by atoms with van der Waals surface area (Å²) in [5, 5.41) is 21.2. The highest BCUT2D eigenvalue weighted by atomic mass is 19.1. The van der Waals surface area contributed by atoms with E-state index in [2.05, 4.69) is 43.8 Å². The highest BCUT2D eigenvalue weighted by Crippen LogP contribution is 2.42. The largest absolute Gasteiger partial charge is 0.489 e. The molecule has 1 saturated carbocycles. The van der Waals surface area contributed by atoms with Crippen LogP contribution in [0.5, 0.6) is 5.75 Å². The average Bonchev–Trinajstić information content (AvgIpc) is 3.79. The van der Waals surface area contributed by atoms with Crippen molar-refractivity contribution in [3.8, 4) is 46.2 Å². The van der Waals surface area contributed by atoms with E-state index >= 15 is 4.39 Å². The Hall–Kier alpha value is -5.88. The molecular formula is C31H26FN9O3. The van der Waals surface area contributed by atoms with Gasteiger partial charge in [-0.15, -0.1) is 0 Å². The van der Waals surface area contributed by atoms with Crippen molar-refractivity contribution in [3.05, 3.63) is 71.3 Å². The molecule has 3 aromatic rings. The third-order valence-electron chi connectivity index (χ3n) is 7.05. The molecule has 220 valence electrons. The van der Waals surface area contributed by atoms with Gasteiger partial charge < -0.3 is 25.4 Å². The molecule has 2 aliphatic heterocycles. The summed E-state index contributed by atoms with van der Waals surface area (Å²) in [6.07, 6.45) is 9.19. The lowest BCUT2D eigenvalue weighted by Gasteiger charge is -2.21. The van der Waals surface area contributed by atoms with Crippen molar-refractivity contribution in [2.75, 3.05) is 25.4 Å². The van der Waals surface area contributed by atoms with Crippen molar-refractivity contribution in [3.63, 3.8) is 0 Å². The van der Waals surface area contributed by atoms with Gasteiger partial charge in [0.25, 0.3) is 0 Å². The smallest absolute Gasteiger partial charge is 0.152 e. The van der Waals surface area contributed by atoms with Crippen molar-refractivity contribution in [2.24, 2.45) is 17.9 Å². The van der Waals surface area contributed by atoms with Crippen LogP contribution in [-0.4, -0.2) is 57.5 Å². The molecule has 1 aromatic carbocycles. The van der Waals surface area contributed by atoms with E-state index in [1.165, 1.54) is 29.5 Å². The second kappa shape index (κ2) is 11.8. The van der Waals surface area contributed by atoms with Crippen LogP contribution in [0.3, 0.4) is 0 Å². The first kappa shape index (κ1) is 24.7. The molecule has 13 heteroatoms. The van der Waals surface area contributed by atoms with Crippen LogP contribution < -0.4 is 21.2 Å². The molecule has 3 aliphatic rings. The van der Waals surface area contributed by atoms with Crippen molar-refractivity contribution >= 4 is 23.2 Å².